The van der Waals surface area contributed by atoms with Gasteiger partial charge in [-0.25, -0.2) is 4.98 Å². The monoisotopic (exact) mass is 345 g/mol. The third-order valence-electron chi connectivity index (χ3n) is 4.03. The van der Waals surface area contributed by atoms with E-state index in [1.807, 2.05) is 24.3 Å². The first-order chi connectivity index (χ1) is 12.7. The Morgan fingerprint density at radius 1 is 1.08 bits per heavy atom. The number of para-hydroxylation sites is 1. The van der Waals surface area contributed by atoms with Crippen LogP contribution in [0.5, 0.6) is 0 Å². The van der Waals surface area contributed by atoms with Crippen molar-refractivity contribution in [1.82, 2.24) is 19.7 Å². The molecule has 2 heterocycles. The van der Waals surface area contributed by atoms with E-state index in [2.05, 4.69) is 20.5 Å². The van der Waals surface area contributed by atoms with Crippen LogP contribution in [-0.4, -0.2) is 25.7 Å². The van der Waals surface area contributed by atoms with E-state index in [4.69, 9.17) is 0 Å². The van der Waals surface area contributed by atoms with Gasteiger partial charge in [-0.05, 0) is 35.9 Å². The minimum Gasteiger partial charge on any atom is -0.325 e. The van der Waals surface area contributed by atoms with Gasteiger partial charge < -0.3 is 5.32 Å². The zero-order valence-electron chi connectivity index (χ0n) is 13.7. The Balaban J connectivity index is 1.49. The molecular formula is C19H15N5O2. The molecule has 0 aliphatic carbocycles. The number of rotatable bonds is 4. The number of hydrogen-bond acceptors (Lipinski definition) is 4. The average Bonchev–Trinajstić information content (AvgIpc) is 3.20. The number of carbonyl (C=O) groups is 1. The smallest absolute Gasteiger partial charge is 0.261 e. The second kappa shape index (κ2) is 6.64. The number of nitrogens with one attached hydrogen (secondary N) is 2. The van der Waals surface area contributed by atoms with Gasteiger partial charge in [0.05, 0.1) is 22.9 Å². The first-order valence-electron chi connectivity index (χ1n) is 8.04. The Morgan fingerprint density at radius 3 is 2.65 bits per heavy atom. The van der Waals surface area contributed by atoms with Crippen molar-refractivity contribution in [2.24, 2.45) is 0 Å². The molecule has 2 aromatic carbocycles. The highest BCUT2D eigenvalue weighted by atomic mass is 16.2. The van der Waals surface area contributed by atoms with E-state index in [1.165, 1.54) is 10.9 Å². The van der Waals surface area contributed by atoms with Crippen LogP contribution in [0.2, 0.25) is 0 Å². The molecule has 128 valence electrons. The number of hydrogen-bond donors (Lipinski definition) is 2. The van der Waals surface area contributed by atoms with Crippen molar-refractivity contribution in [3.63, 3.8) is 0 Å². The van der Waals surface area contributed by atoms with Gasteiger partial charge in [0.15, 0.2) is 0 Å². The van der Waals surface area contributed by atoms with Crippen molar-refractivity contribution in [2.45, 2.75) is 6.54 Å². The van der Waals surface area contributed by atoms with E-state index >= 15 is 0 Å². The van der Waals surface area contributed by atoms with Crippen molar-refractivity contribution in [1.29, 1.82) is 0 Å². The van der Waals surface area contributed by atoms with Crippen LogP contribution in [-0.2, 0) is 11.3 Å². The normalized spacial score (nSPS) is 10.8. The highest BCUT2D eigenvalue weighted by Crippen LogP contribution is 2.18. The number of carbonyl (C=O) groups excluding carboxylic acids is 1. The van der Waals surface area contributed by atoms with Gasteiger partial charge in [-0.1, -0.05) is 24.3 Å². The SMILES string of the molecule is O=C(Cn1cnc2ccccc2c1=O)Nc1ccc(-c2ccn[nH]2)cc1. The second-order valence-corrected chi connectivity index (χ2v) is 5.79. The first-order valence-corrected chi connectivity index (χ1v) is 8.04. The van der Waals surface area contributed by atoms with E-state index < -0.39 is 0 Å². The summed E-state index contributed by atoms with van der Waals surface area (Å²) < 4.78 is 1.30. The molecule has 0 atom stereocenters. The number of aromatic nitrogens is 4. The minimum atomic E-state index is -0.293. The van der Waals surface area contributed by atoms with E-state index in [0.717, 1.165) is 11.3 Å². The summed E-state index contributed by atoms with van der Waals surface area (Å²) >= 11 is 0. The number of H-pyrrole nitrogens is 1. The number of amides is 1. The molecule has 1 amide bonds. The van der Waals surface area contributed by atoms with Gasteiger partial charge in [-0.2, -0.15) is 5.10 Å². The van der Waals surface area contributed by atoms with Crippen LogP contribution in [0, 0.1) is 0 Å². The molecular weight excluding hydrogens is 330 g/mol. The maximum absolute atomic E-state index is 12.4. The quantitative estimate of drug-likeness (QED) is 0.594. The lowest BCUT2D eigenvalue weighted by Gasteiger charge is -2.08. The van der Waals surface area contributed by atoms with Gasteiger partial charge in [0.1, 0.15) is 6.54 Å². The summed E-state index contributed by atoms with van der Waals surface area (Å²) in [6, 6.07) is 16.3. The van der Waals surface area contributed by atoms with Crippen LogP contribution in [0.1, 0.15) is 0 Å². The molecule has 2 aromatic heterocycles. The predicted octanol–water partition coefficient (Wildman–Crippen LogP) is 2.43. The van der Waals surface area contributed by atoms with Crippen LogP contribution in [0.3, 0.4) is 0 Å². The Hall–Kier alpha value is -3.74. The first kappa shape index (κ1) is 15.8. The summed E-state index contributed by atoms with van der Waals surface area (Å²) in [5.41, 5.74) is 2.90. The lowest BCUT2D eigenvalue weighted by Crippen LogP contribution is -2.27. The van der Waals surface area contributed by atoms with Crippen molar-refractivity contribution in [3.05, 3.63) is 77.5 Å². The number of aromatic amines is 1. The van der Waals surface area contributed by atoms with Crippen LogP contribution >= 0.6 is 0 Å². The van der Waals surface area contributed by atoms with Crippen LogP contribution in [0.15, 0.2) is 71.9 Å². The van der Waals surface area contributed by atoms with Crippen LogP contribution < -0.4 is 10.9 Å². The van der Waals surface area contributed by atoms with Crippen molar-refractivity contribution in [2.75, 3.05) is 5.32 Å². The highest BCUT2D eigenvalue weighted by Gasteiger charge is 2.08. The largest absolute Gasteiger partial charge is 0.325 e. The molecule has 7 nitrogen and oxygen atoms in total. The molecule has 0 saturated heterocycles. The third-order valence-corrected chi connectivity index (χ3v) is 4.03. The summed E-state index contributed by atoms with van der Waals surface area (Å²) in [5.74, 6) is -0.293. The Kier molecular flexibility index (Phi) is 4.03. The fourth-order valence-electron chi connectivity index (χ4n) is 2.72. The summed E-state index contributed by atoms with van der Waals surface area (Å²) in [7, 11) is 0. The summed E-state index contributed by atoms with van der Waals surface area (Å²) in [4.78, 5) is 28.9. The lowest BCUT2D eigenvalue weighted by atomic mass is 10.1. The molecule has 0 aliphatic rings. The Labute approximate surface area is 148 Å². The molecule has 0 saturated carbocycles. The molecule has 4 aromatic rings. The number of anilines is 1. The third kappa shape index (κ3) is 3.10. The molecule has 0 aliphatic heterocycles. The summed E-state index contributed by atoms with van der Waals surface area (Å²) in [6.07, 6.45) is 3.08. The van der Waals surface area contributed by atoms with Gasteiger partial charge in [0, 0.05) is 11.9 Å². The zero-order valence-corrected chi connectivity index (χ0v) is 13.7. The molecule has 0 unspecified atom stereocenters. The minimum absolute atomic E-state index is 0.0982. The number of nitrogens with zero attached hydrogens (tertiary/aromatic N) is 3. The summed E-state index contributed by atoms with van der Waals surface area (Å²) in [6.45, 7) is -0.0982. The van der Waals surface area contributed by atoms with Crippen LogP contribution in [0.4, 0.5) is 5.69 Å². The van der Waals surface area contributed by atoms with Gasteiger partial charge in [0.2, 0.25) is 5.91 Å². The van der Waals surface area contributed by atoms with Crippen molar-refractivity contribution >= 4 is 22.5 Å². The number of benzene rings is 2. The number of fused-ring (bicyclic) bond motifs is 1. The van der Waals surface area contributed by atoms with Crippen molar-refractivity contribution in [3.8, 4) is 11.3 Å². The predicted molar refractivity (Wildman–Crippen MR) is 98.7 cm³/mol. The molecule has 0 bridgehead atoms. The molecule has 2 N–H and O–H groups in total. The molecule has 0 spiro atoms. The van der Waals surface area contributed by atoms with E-state index in [9.17, 15) is 9.59 Å². The molecule has 26 heavy (non-hydrogen) atoms. The van der Waals surface area contributed by atoms with Gasteiger partial charge in [-0.15, -0.1) is 0 Å². The standard InChI is InChI=1S/C19H15N5O2/c25-18(11-24-12-20-17-4-2-1-3-15(17)19(24)26)22-14-7-5-13(6-8-14)16-9-10-21-23-16/h1-10,12H,11H2,(H,21,23)(H,22,25). The van der Waals surface area contributed by atoms with Crippen LogP contribution in [0.25, 0.3) is 22.2 Å². The molecule has 0 fully saturated rings. The van der Waals surface area contributed by atoms with E-state index in [0.29, 0.717) is 16.6 Å². The van der Waals surface area contributed by atoms with Gasteiger partial charge in [0.25, 0.3) is 5.56 Å². The Bertz CT molecular complexity index is 1110. The average molecular weight is 345 g/mol. The zero-order chi connectivity index (χ0) is 17.9. The topological polar surface area (TPSA) is 92.7 Å². The van der Waals surface area contributed by atoms with Crippen molar-refractivity contribution < 1.29 is 4.79 Å². The van der Waals surface area contributed by atoms with Gasteiger partial charge in [-0.3, -0.25) is 19.3 Å². The highest BCUT2D eigenvalue weighted by molar-refractivity contribution is 5.91. The molecule has 4 rings (SSSR count). The van der Waals surface area contributed by atoms with E-state index in [1.54, 1.807) is 36.5 Å². The lowest BCUT2D eigenvalue weighted by molar-refractivity contribution is -0.116. The second-order valence-electron chi connectivity index (χ2n) is 5.79. The maximum atomic E-state index is 12.4. The van der Waals surface area contributed by atoms with Gasteiger partial charge >= 0.3 is 0 Å². The van der Waals surface area contributed by atoms with E-state index in [-0.39, 0.29) is 18.0 Å². The Morgan fingerprint density at radius 2 is 1.88 bits per heavy atom. The fourth-order valence-corrected chi connectivity index (χ4v) is 2.72. The maximum Gasteiger partial charge on any atom is 0.261 e. The molecule has 7 heteroatoms. The molecule has 0 radical (unpaired) electrons. The summed E-state index contributed by atoms with van der Waals surface area (Å²) in [5, 5.41) is 10.1. The fraction of sp³-hybridized carbons (Fsp3) is 0.0526.